The minimum Gasteiger partial charge on any atom is -0.481 e. The summed E-state index contributed by atoms with van der Waals surface area (Å²) in [4.78, 5) is 37.0. The van der Waals surface area contributed by atoms with Gasteiger partial charge in [0.1, 0.15) is 0 Å². The van der Waals surface area contributed by atoms with Gasteiger partial charge in [0.25, 0.3) is 0 Å². The van der Waals surface area contributed by atoms with Crippen molar-refractivity contribution in [2.45, 2.75) is 25.7 Å². The van der Waals surface area contributed by atoms with Crippen molar-refractivity contribution in [2.24, 2.45) is 5.92 Å². The molecular weight excluding hydrogens is 236 g/mol. The average molecular weight is 256 g/mol. The number of piperidine rings is 1. The Balaban J connectivity index is 2.32. The van der Waals surface area contributed by atoms with E-state index in [-0.39, 0.29) is 30.6 Å². The Morgan fingerprint density at radius 1 is 1.17 bits per heavy atom. The first-order valence-electron chi connectivity index (χ1n) is 6.12. The standard InChI is InChI=1S/C12H20N2O4/c1-13(2)10(15)3-4-11(16)14-7-5-9(6-8-14)12(17)18/h9H,3-8H2,1-2H3,(H,17,18). The van der Waals surface area contributed by atoms with E-state index in [1.165, 1.54) is 4.90 Å². The molecule has 6 heteroatoms. The number of carboxylic acids is 1. The average Bonchev–Trinajstić information content (AvgIpc) is 2.35. The van der Waals surface area contributed by atoms with Gasteiger partial charge in [-0.05, 0) is 12.8 Å². The van der Waals surface area contributed by atoms with E-state index in [1.54, 1.807) is 19.0 Å². The molecular formula is C12H20N2O4. The molecule has 2 amide bonds. The summed E-state index contributed by atoms with van der Waals surface area (Å²) in [6.45, 7) is 0.956. The summed E-state index contributed by atoms with van der Waals surface area (Å²) >= 11 is 0. The highest BCUT2D eigenvalue weighted by Crippen LogP contribution is 2.18. The second-order valence-electron chi connectivity index (χ2n) is 4.78. The monoisotopic (exact) mass is 256 g/mol. The molecule has 0 saturated carbocycles. The highest BCUT2D eigenvalue weighted by Gasteiger charge is 2.26. The molecule has 1 saturated heterocycles. The number of amides is 2. The first-order valence-corrected chi connectivity index (χ1v) is 6.12. The third kappa shape index (κ3) is 4.01. The molecule has 1 fully saturated rings. The molecule has 1 aliphatic heterocycles. The van der Waals surface area contributed by atoms with E-state index < -0.39 is 5.97 Å². The van der Waals surface area contributed by atoms with Gasteiger partial charge in [-0.3, -0.25) is 14.4 Å². The van der Waals surface area contributed by atoms with Crippen molar-refractivity contribution in [1.29, 1.82) is 0 Å². The fourth-order valence-corrected chi connectivity index (χ4v) is 1.97. The van der Waals surface area contributed by atoms with Gasteiger partial charge >= 0.3 is 5.97 Å². The lowest BCUT2D eigenvalue weighted by molar-refractivity contribution is -0.145. The molecule has 1 aliphatic rings. The Bertz CT molecular complexity index is 333. The number of carboxylic acid groups (broad SMARTS) is 1. The summed E-state index contributed by atoms with van der Waals surface area (Å²) in [5.41, 5.74) is 0. The van der Waals surface area contributed by atoms with Crippen LogP contribution < -0.4 is 0 Å². The fraction of sp³-hybridized carbons (Fsp3) is 0.750. The van der Waals surface area contributed by atoms with Crippen LogP contribution in [0.1, 0.15) is 25.7 Å². The zero-order chi connectivity index (χ0) is 13.7. The predicted octanol–water partition coefficient (Wildman–Crippen LogP) is 0.178. The van der Waals surface area contributed by atoms with Crippen LogP contribution in [0.2, 0.25) is 0 Å². The number of carbonyl (C=O) groups is 3. The van der Waals surface area contributed by atoms with E-state index in [0.717, 1.165) is 0 Å². The van der Waals surface area contributed by atoms with Crippen LogP contribution in [0.3, 0.4) is 0 Å². The maximum absolute atomic E-state index is 11.8. The summed E-state index contributed by atoms with van der Waals surface area (Å²) in [5.74, 6) is -1.25. The van der Waals surface area contributed by atoms with Gasteiger partial charge in [0.05, 0.1) is 5.92 Å². The molecule has 0 spiro atoms. The van der Waals surface area contributed by atoms with Gasteiger partial charge in [0.2, 0.25) is 11.8 Å². The number of likely N-dealkylation sites (tertiary alicyclic amines) is 1. The molecule has 6 nitrogen and oxygen atoms in total. The van der Waals surface area contributed by atoms with E-state index >= 15 is 0 Å². The van der Waals surface area contributed by atoms with Crippen molar-refractivity contribution < 1.29 is 19.5 Å². The van der Waals surface area contributed by atoms with E-state index in [1.807, 2.05) is 0 Å². The molecule has 1 N–H and O–H groups in total. The van der Waals surface area contributed by atoms with Gasteiger partial charge < -0.3 is 14.9 Å². The Kier molecular flexibility index (Phi) is 5.12. The number of rotatable bonds is 4. The topological polar surface area (TPSA) is 77.9 Å². The van der Waals surface area contributed by atoms with Crippen molar-refractivity contribution in [3.63, 3.8) is 0 Å². The van der Waals surface area contributed by atoms with Gasteiger partial charge in [0.15, 0.2) is 0 Å². The Morgan fingerprint density at radius 2 is 1.72 bits per heavy atom. The van der Waals surface area contributed by atoms with Gasteiger partial charge in [-0.15, -0.1) is 0 Å². The van der Waals surface area contributed by atoms with Crippen molar-refractivity contribution in [2.75, 3.05) is 27.2 Å². The van der Waals surface area contributed by atoms with Crippen molar-refractivity contribution in [1.82, 2.24) is 9.80 Å². The van der Waals surface area contributed by atoms with Crippen LogP contribution in [0.15, 0.2) is 0 Å². The van der Waals surface area contributed by atoms with Crippen LogP contribution in [0.4, 0.5) is 0 Å². The number of hydrogen-bond acceptors (Lipinski definition) is 3. The highest BCUT2D eigenvalue weighted by atomic mass is 16.4. The Hall–Kier alpha value is -1.59. The minimum atomic E-state index is -0.787. The summed E-state index contributed by atoms with van der Waals surface area (Å²) < 4.78 is 0. The van der Waals surface area contributed by atoms with Crippen molar-refractivity contribution in [3.8, 4) is 0 Å². The number of aliphatic carboxylic acids is 1. The lowest BCUT2D eigenvalue weighted by Crippen LogP contribution is -2.40. The van der Waals surface area contributed by atoms with Crippen molar-refractivity contribution in [3.05, 3.63) is 0 Å². The fourth-order valence-electron chi connectivity index (χ4n) is 1.97. The largest absolute Gasteiger partial charge is 0.481 e. The molecule has 0 bridgehead atoms. The summed E-state index contributed by atoms with van der Waals surface area (Å²) in [6, 6.07) is 0. The molecule has 102 valence electrons. The molecule has 0 aromatic heterocycles. The van der Waals surface area contributed by atoms with Gasteiger partial charge in [-0.2, -0.15) is 0 Å². The minimum absolute atomic E-state index is 0.0611. The van der Waals surface area contributed by atoms with Crippen LogP contribution in [0, 0.1) is 5.92 Å². The Morgan fingerprint density at radius 3 is 2.17 bits per heavy atom. The van der Waals surface area contributed by atoms with E-state index in [9.17, 15) is 14.4 Å². The molecule has 0 aromatic rings. The van der Waals surface area contributed by atoms with E-state index in [0.29, 0.717) is 25.9 Å². The zero-order valence-corrected chi connectivity index (χ0v) is 10.9. The number of hydrogen-bond donors (Lipinski definition) is 1. The van der Waals surface area contributed by atoms with Crippen LogP contribution in [0.5, 0.6) is 0 Å². The van der Waals surface area contributed by atoms with Gasteiger partial charge in [-0.25, -0.2) is 0 Å². The summed E-state index contributed by atoms with van der Waals surface area (Å²) in [5, 5.41) is 8.85. The Labute approximate surface area is 107 Å². The van der Waals surface area contributed by atoms with Crippen LogP contribution >= 0.6 is 0 Å². The van der Waals surface area contributed by atoms with E-state index in [4.69, 9.17) is 5.11 Å². The quantitative estimate of drug-likeness (QED) is 0.778. The van der Waals surface area contributed by atoms with Crippen LogP contribution in [0.25, 0.3) is 0 Å². The second-order valence-corrected chi connectivity index (χ2v) is 4.78. The second kappa shape index (κ2) is 6.37. The van der Waals surface area contributed by atoms with Crippen molar-refractivity contribution >= 4 is 17.8 Å². The van der Waals surface area contributed by atoms with Crippen LogP contribution in [-0.2, 0) is 14.4 Å². The summed E-state index contributed by atoms with van der Waals surface area (Å²) in [6.07, 6.45) is 1.42. The molecule has 0 aromatic carbocycles. The predicted molar refractivity (Wildman–Crippen MR) is 64.9 cm³/mol. The normalized spacial score (nSPS) is 16.4. The molecule has 0 radical (unpaired) electrons. The maximum atomic E-state index is 11.8. The number of carbonyl (C=O) groups excluding carboxylic acids is 2. The molecule has 0 aliphatic carbocycles. The molecule has 1 heterocycles. The molecule has 0 unspecified atom stereocenters. The highest BCUT2D eigenvalue weighted by molar-refractivity contribution is 5.83. The van der Waals surface area contributed by atoms with E-state index in [2.05, 4.69) is 0 Å². The first kappa shape index (κ1) is 14.5. The lowest BCUT2D eigenvalue weighted by Gasteiger charge is -2.30. The number of nitrogens with zero attached hydrogens (tertiary/aromatic N) is 2. The molecule has 1 rings (SSSR count). The third-order valence-electron chi connectivity index (χ3n) is 3.25. The van der Waals surface area contributed by atoms with Gasteiger partial charge in [0, 0.05) is 40.0 Å². The van der Waals surface area contributed by atoms with Gasteiger partial charge in [-0.1, -0.05) is 0 Å². The summed E-state index contributed by atoms with van der Waals surface area (Å²) in [7, 11) is 3.32. The maximum Gasteiger partial charge on any atom is 0.306 e. The SMILES string of the molecule is CN(C)C(=O)CCC(=O)N1CCC(C(=O)O)CC1. The molecule has 0 atom stereocenters. The zero-order valence-electron chi connectivity index (χ0n) is 10.9. The molecule has 18 heavy (non-hydrogen) atoms. The smallest absolute Gasteiger partial charge is 0.306 e. The first-order chi connectivity index (χ1) is 8.41. The lowest BCUT2D eigenvalue weighted by atomic mass is 9.97. The third-order valence-corrected chi connectivity index (χ3v) is 3.25. The van der Waals surface area contributed by atoms with Crippen LogP contribution in [-0.4, -0.2) is 59.9 Å².